The molecule has 1 unspecified atom stereocenters. The molecule has 1 aliphatic rings. The molecule has 3 rings (SSSR count). The van der Waals surface area contributed by atoms with Crippen molar-refractivity contribution in [1.29, 1.82) is 0 Å². The van der Waals surface area contributed by atoms with E-state index in [1.807, 2.05) is 67.4 Å². The van der Waals surface area contributed by atoms with E-state index in [0.29, 0.717) is 22.3 Å². The van der Waals surface area contributed by atoms with Crippen LogP contribution in [0, 0.1) is 0 Å². The summed E-state index contributed by atoms with van der Waals surface area (Å²) in [5.74, 6) is 0.740. The third-order valence-electron chi connectivity index (χ3n) is 4.62. The minimum Gasteiger partial charge on any atom is -0.489 e. The number of nitrogens with zero attached hydrogens (tertiary/aromatic N) is 1. The first-order valence-electron chi connectivity index (χ1n) is 8.60. The lowest BCUT2D eigenvalue weighted by atomic mass is 9.92. The van der Waals surface area contributed by atoms with E-state index in [-0.39, 0.29) is 11.8 Å². The van der Waals surface area contributed by atoms with Gasteiger partial charge in [0.1, 0.15) is 12.4 Å². The molecule has 0 spiro atoms. The topological polar surface area (TPSA) is 41.6 Å². The maximum atomic E-state index is 12.3. The fourth-order valence-corrected chi connectivity index (χ4v) is 3.59. The second-order valence-corrected chi connectivity index (χ2v) is 7.31. The third kappa shape index (κ3) is 4.31. The van der Waals surface area contributed by atoms with Crippen molar-refractivity contribution in [3.05, 3.63) is 76.0 Å². The Bertz CT molecular complexity index is 926. The lowest BCUT2D eigenvalue weighted by Crippen LogP contribution is -2.45. The zero-order valence-corrected chi connectivity index (χ0v) is 17.0. The molecule has 0 aromatic heterocycles. The summed E-state index contributed by atoms with van der Waals surface area (Å²) in [4.78, 5) is 14.1. The van der Waals surface area contributed by atoms with Gasteiger partial charge in [0.2, 0.25) is 0 Å². The maximum Gasteiger partial charge on any atom is 0.173 e. The average molecular weight is 401 g/mol. The molecule has 0 radical (unpaired) electrons. The van der Waals surface area contributed by atoms with Gasteiger partial charge in [-0.15, -0.1) is 0 Å². The summed E-state index contributed by atoms with van der Waals surface area (Å²) in [5, 5.41) is 4.53. The number of hydrogen-bond acceptors (Lipinski definition) is 3. The number of allylic oxidation sites excluding steroid dienone is 1. The minimum absolute atomic E-state index is 0.0181. The number of nitrogens with one attached hydrogen (secondary N) is 1. The molecule has 0 amide bonds. The highest BCUT2D eigenvalue weighted by Crippen LogP contribution is 2.32. The Morgan fingerprint density at radius 1 is 1.26 bits per heavy atom. The second kappa shape index (κ2) is 8.11. The van der Waals surface area contributed by atoms with Crippen molar-refractivity contribution in [1.82, 2.24) is 10.2 Å². The monoisotopic (exact) mass is 400 g/mol. The quantitative estimate of drug-likeness (QED) is 0.740. The van der Waals surface area contributed by atoms with Crippen LogP contribution >= 0.6 is 23.8 Å². The lowest BCUT2D eigenvalue weighted by molar-refractivity contribution is -0.114. The van der Waals surface area contributed by atoms with E-state index in [4.69, 9.17) is 28.6 Å². The van der Waals surface area contributed by atoms with Gasteiger partial charge in [-0.1, -0.05) is 35.9 Å². The van der Waals surface area contributed by atoms with E-state index in [0.717, 1.165) is 22.6 Å². The third-order valence-corrected chi connectivity index (χ3v) is 5.25. The molecule has 0 saturated carbocycles. The SMILES string of the molecule is CC(=O)C1=C(C)N(C)C(=S)NC1c1cccc(OCc2cccc(Cl)c2)c1. The number of ketones is 1. The van der Waals surface area contributed by atoms with E-state index < -0.39 is 0 Å². The van der Waals surface area contributed by atoms with Crippen LogP contribution in [-0.2, 0) is 11.4 Å². The first kappa shape index (κ1) is 19.4. The van der Waals surface area contributed by atoms with Gasteiger partial charge in [-0.2, -0.15) is 0 Å². The number of benzene rings is 2. The Morgan fingerprint density at radius 2 is 2.00 bits per heavy atom. The van der Waals surface area contributed by atoms with Gasteiger partial charge in [0.15, 0.2) is 10.9 Å². The van der Waals surface area contributed by atoms with Gasteiger partial charge in [-0.05, 0) is 61.5 Å². The van der Waals surface area contributed by atoms with Gasteiger partial charge in [-0.25, -0.2) is 0 Å². The molecule has 140 valence electrons. The molecule has 6 heteroatoms. The van der Waals surface area contributed by atoms with Crippen molar-refractivity contribution in [3.8, 4) is 5.75 Å². The maximum absolute atomic E-state index is 12.3. The van der Waals surface area contributed by atoms with Crippen molar-refractivity contribution in [2.24, 2.45) is 0 Å². The molecule has 1 atom stereocenters. The van der Waals surface area contributed by atoms with Gasteiger partial charge in [0.25, 0.3) is 0 Å². The molecular formula is C21H21ClN2O2S. The molecular weight excluding hydrogens is 380 g/mol. The highest BCUT2D eigenvalue weighted by Gasteiger charge is 2.30. The fourth-order valence-electron chi connectivity index (χ4n) is 3.12. The average Bonchev–Trinajstić information content (AvgIpc) is 2.64. The zero-order chi connectivity index (χ0) is 19.6. The molecule has 1 heterocycles. The number of Topliss-reactive ketones (excluding diaryl/α,β-unsaturated/α-hetero) is 1. The molecule has 2 aromatic carbocycles. The van der Waals surface area contributed by atoms with Crippen molar-refractivity contribution >= 4 is 34.7 Å². The van der Waals surface area contributed by atoms with Gasteiger partial charge in [0, 0.05) is 23.3 Å². The Hall–Kier alpha value is -2.37. The molecule has 0 aliphatic carbocycles. The fraction of sp³-hybridized carbons (Fsp3) is 0.238. The highest BCUT2D eigenvalue weighted by atomic mass is 35.5. The number of hydrogen-bond donors (Lipinski definition) is 1. The van der Waals surface area contributed by atoms with Crippen molar-refractivity contribution in [3.63, 3.8) is 0 Å². The Kier molecular flexibility index (Phi) is 5.82. The van der Waals surface area contributed by atoms with Crippen LogP contribution in [0.2, 0.25) is 5.02 Å². The van der Waals surface area contributed by atoms with Crippen LogP contribution in [0.1, 0.15) is 31.0 Å². The smallest absolute Gasteiger partial charge is 0.173 e. The minimum atomic E-state index is -0.291. The standard InChI is InChI=1S/C21H21ClN2O2S/c1-13-19(14(2)25)20(23-21(27)24(13)3)16-7-5-9-18(11-16)26-12-15-6-4-8-17(22)10-15/h4-11,20H,12H2,1-3H3,(H,23,27). The Balaban J connectivity index is 1.86. The van der Waals surface area contributed by atoms with Crippen LogP contribution in [-0.4, -0.2) is 22.8 Å². The van der Waals surface area contributed by atoms with E-state index in [1.54, 1.807) is 6.92 Å². The van der Waals surface area contributed by atoms with E-state index in [1.165, 1.54) is 0 Å². The van der Waals surface area contributed by atoms with Crippen LogP contribution in [0.3, 0.4) is 0 Å². The first-order chi connectivity index (χ1) is 12.9. The summed E-state index contributed by atoms with van der Waals surface area (Å²) in [6.07, 6.45) is 0. The number of halogens is 1. The van der Waals surface area contributed by atoms with Gasteiger partial charge >= 0.3 is 0 Å². The summed E-state index contributed by atoms with van der Waals surface area (Å²) in [5.41, 5.74) is 3.49. The van der Waals surface area contributed by atoms with Crippen LogP contribution in [0.15, 0.2) is 59.8 Å². The molecule has 0 saturated heterocycles. The molecule has 1 N–H and O–H groups in total. The number of carbonyl (C=O) groups is 1. The normalized spacial score (nSPS) is 17.0. The first-order valence-corrected chi connectivity index (χ1v) is 9.38. The van der Waals surface area contributed by atoms with Crippen molar-refractivity contribution in [2.45, 2.75) is 26.5 Å². The summed E-state index contributed by atoms with van der Waals surface area (Å²) in [6.45, 7) is 3.91. The largest absolute Gasteiger partial charge is 0.489 e. The van der Waals surface area contributed by atoms with Crippen LogP contribution < -0.4 is 10.1 Å². The van der Waals surface area contributed by atoms with Gasteiger partial charge in [0.05, 0.1) is 6.04 Å². The Morgan fingerprint density at radius 3 is 2.70 bits per heavy atom. The predicted molar refractivity (Wildman–Crippen MR) is 112 cm³/mol. The number of ether oxygens (including phenoxy) is 1. The van der Waals surface area contributed by atoms with E-state index in [9.17, 15) is 4.79 Å². The molecule has 0 fully saturated rings. The van der Waals surface area contributed by atoms with Gasteiger partial charge in [-0.3, -0.25) is 4.79 Å². The van der Waals surface area contributed by atoms with Crippen LogP contribution in [0.4, 0.5) is 0 Å². The number of thiocarbonyl (C=S) groups is 1. The van der Waals surface area contributed by atoms with Gasteiger partial charge < -0.3 is 15.0 Å². The zero-order valence-electron chi connectivity index (χ0n) is 15.5. The van der Waals surface area contributed by atoms with Crippen molar-refractivity contribution in [2.75, 3.05) is 7.05 Å². The number of carbonyl (C=O) groups excluding carboxylic acids is 1. The molecule has 27 heavy (non-hydrogen) atoms. The molecule has 4 nitrogen and oxygen atoms in total. The summed E-state index contributed by atoms with van der Waals surface area (Å²) in [7, 11) is 1.86. The Labute approximate surface area is 169 Å². The number of rotatable bonds is 5. The van der Waals surface area contributed by atoms with Crippen LogP contribution in [0.25, 0.3) is 0 Å². The summed E-state index contributed by atoms with van der Waals surface area (Å²) >= 11 is 11.4. The van der Waals surface area contributed by atoms with Crippen molar-refractivity contribution < 1.29 is 9.53 Å². The summed E-state index contributed by atoms with van der Waals surface area (Å²) in [6, 6.07) is 15.0. The molecule has 1 aliphatic heterocycles. The second-order valence-electron chi connectivity index (χ2n) is 6.49. The molecule has 2 aromatic rings. The summed E-state index contributed by atoms with van der Waals surface area (Å²) < 4.78 is 5.92. The highest BCUT2D eigenvalue weighted by molar-refractivity contribution is 7.80. The lowest BCUT2D eigenvalue weighted by Gasteiger charge is -2.35. The molecule has 0 bridgehead atoms. The van der Waals surface area contributed by atoms with Crippen LogP contribution in [0.5, 0.6) is 5.75 Å². The van der Waals surface area contributed by atoms with E-state index >= 15 is 0 Å². The predicted octanol–water partition coefficient (Wildman–Crippen LogP) is 4.64. The van der Waals surface area contributed by atoms with E-state index in [2.05, 4.69) is 5.32 Å².